The molecule has 0 radical (unpaired) electrons. The number of nitrogens with zero attached hydrogens (tertiary/aromatic N) is 1. The third-order valence-corrected chi connectivity index (χ3v) is 2.07. The van der Waals surface area contributed by atoms with Gasteiger partial charge in [-0.15, -0.1) is 0 Å². The average molecular weight is 212 g/mol. The highest BCUT2D eigenvalue weighted by atomic mass is 16.4. The van der Waals surface area contributed by atoms with Gasteiger partial charge < -0.3 is 16.1 Å². The number of hydrogen-bond acceptors (Lipinski definition) is 3. The Morgan fingerprint density at radius 2 is 2.00 bits per heavy atom. The van der Waals surface area contributed by atoms with Crippen LogP contribution in [0.3, 0.4) is 0 Å². The van der Waals surface area contributed by atoms with Crippen LogP contribution in [-0.2, 0) is 6.42 Å². The van der Waals surface area contributed by atoms with E-state index in [-0.39, 0.29) is 16.8 Å². The second kappa shape index (κ2) is 4.04. The first kappa shape index (κ1) is 11.1. The van der Waals surface area contributed by atoms with Gasteiger partial charge in [-0.2, -0.15) is 0 Å². The smallest absolute Gasteiger partial charge is 0.354 e. The van der Waals surface area contributed by atoms with Gasteiger partial charge in [0.25, 0.3) is 0 Å². The fourth-order valence-electron chi connectivity index (χ4n) is 1.49. The van der Waals surface area contributed by atoms with Crippen molar-refractivity contribution in [2.75, 3.05) is 5.84 Å². The lowest BCUT2D eigenvalue weighted by atomic mass is 10.1. The summed E-state index contributed by atoms with van der Waals surface area (Å²) in [7, 11) is 0. The molecule has 0 spiro atoms. The minimum absolute atomic E-state index is 0.0447. The van der Waals surface area contributed by atoms with Gasteiger partial charge in [0.2, 0.25) is 0 Å². The molecule has 0 atom stereocenters. The Morgan fingerprint density at radius 1 is 1.40 bits per heavy atom. The van der Waals surface area contributed by atoms with Crippen LogP contribution in [0.4, 0.5) is 0 Å². The van der Waals surface area contributed by atoms with Gasteiger partial charge >= 0.3 is 11.9 Å². The molecule has 1 aromatic rings. The predicted molar refractivity (Wildman–Crippen MR) is 52.5 cm³/mol. The highest BCUT2D eigenvalue weighted by molar-refractivity contribution is 5.96. The number of aromatic carboxylic acids is 2. The molecule has 1 aromatic heterocycles. The summed E-state index contributed by atoms with van der Waals surface area (Å²) in [6, 6.07) is 0. The Kier molecular flexibility index (Phi) is 2.99. The van der Waals surface area contributed by atoms with Crippen LogP contribution in [0.25, 0.3) is 0 Å². The monoisotopic (exact) mass is 212 g/mol. The average Bonchev–Trinajstić information content (AvgIpc) is 2.43. The zero-order valence-electron chi connectivity index (χ0n) is 8.23. The molecule has 0 aliphatic carbocycles. The van der Waals surface area contributed by atoms with Crippen molar-refractivity contribution in [2.24, 2.45) is 0 Å². The first-order valence-electron chi connectivity index (χ1n) is 4.44. The number of nitrogen functional groups attached to an aromatic ring is 1. The maximum Gasteiger partial charge on any atom is 0.354 e. The van der Waals surface area contributed by atoms with E-state index in [1.807, 2.05) is 6.92 Å². The van der Waals surface area contributed by atoms with Crippen LogP contribution < -0.4 is 5.84 Å². The summed E-state index contributed by atoms with van der Waals surface area (Å²) in [5.74, 6) is 3.01. The van der Waals surface area contributed by atoms with Crippen molar-refractivity contribution in [2.45, 2.75) is 19.8 Å². The number of aromatic nitrogens is 1. The molecular formula is C9H12N2O4. The number of hydrogen-bond donors (Lipinski definition) is 3. The van der Waals surface area contributed by atoms with Gasteiger partial charge in [-0.1, -0.05) is 13.3 Å². The Balaban J connectivity index is 3.37. The number of nitrogens with two attached hydrogens (primary N) is 1. The highest BCUT2D eigenvalue weighted by Gasteiger charge is 2.23. The molecule has 0 saturated heterocycles. The standard InChI is InChI=1S/C9H12N2O4/c1-2-3-5-6(8(12)13)4-11(10)7(5)9(14)15/h4H,2-3,10H2,1H3,(H,12,13)(H,14,15). The normalized spacial score (nSPS) is 10.2. The molecule has 0 saturated carbocycles. The fraction of sp³-hybridized carbons (Fsp3) is 0.333. The van der Waals surface area contributed by atoms with Crippen molar-refractivity contribution in [1.82, 2.24) is 4.68 Å². The van der Waals surface area contributed by atoms with Crippen molar-refractivity contribution >= 4 is 11.9 Å². The maximum absolute atomic E-state index is 10.9. The Morgan fingerprint density at radius 3 is 2.40 bits per heavy atom. The van der Waals surface area contributed by atoms with Gasteiger partial charge in [-0.3, -0.25) is 4.68 Å². The predicted octanol–water partition coefficient (Wildman–Crippen LogP) is 0.551. The van der Waals surface area contributed by atoms with E-state index in [4.69, 9.17) is 16.1 Å². The highest BCUT2D eigenvalue weighted by Crippen LogP contribution is 2.18. The van der Waals surface area contributed by atoms with E-state index >= 15 is 0 Å². The van der Waals surface area contributed by atoms with Gasteiger partial charge in [0.05, 0.1) is 5.56 Å². The molecule has 4 N–H and O–H groups in total. The third kappa shape index (κ3) is 1.93. The minimum Gasteiger partial charge on any atom is -0.478 e. The van der Waals surface area contributed by atoms with Crippen molar-refractivity contribution in [3.63, 3.8) is 0 Å². The first-order valence-corrected chi connectivity index (χ1v) is 4.44. The second-order valence-corrected chi connectivity index (χ2v) is 3.14. The van der Waals surface area contributed by atoms with Crippen LogP contribution in [0, 0.1) is 0 Å². The zero-order chi connectivity index (χ0) is 11.6. The van der Waals surface area contributed by atoms with E-state index in [0.717, 1.165) is 10.9 Å². The SMILES string of the molecule is CCCc1c(C(=O)O)cn(N)c1C(=O)O. The summed E-state index contributed by atoms with van der Waals surface area (Å²) >= 11 is 0. The van der Waals surface area contributed by atoms with Crippen molar-refractivity contribution < 1.29 is 19.8 Å². The van der Waals surface area contributed by atoms with E-state index in [9.17, 15) is 9.59 Å². The Labute approximate surface area is 85.9 Å². The molecule has 0 aromatic carbocycles. The summed E-state index contributed by atoms with van der Waals surface area (Å²) in [5, 5.41) is 17.7. The van der Waals surface area contributed by atoms with Gasteiger partial charge in [0.15, 0.2) is 5.69 Å². The van der Waals surface area contributed by atoms with E-state index in [2.05, 4.69) is 0 Å². The summed E-state index contributed by atoms with van der Waals surface area (Å²) < 4.78 is 0.844. The molecule has 6 heteroatoms. The lowest BCUT2D eigenvalue weighted by Gasteiger charge is -2.01. The molecule has 0 aliphatic heterocycles. The largest absolute Gasteiger partial charge is 0.478 e. The molecule has 82 valence electrons. The van der Waals surface area contributed by atoms with Gasteiger partial charge in [-0.25, -0.2) is 9.59 Å². The zero-order valence-corrected chi connectivity index (χ0v) is 8.23. The summed E-state index contributed by atoms with van der Waals surface area (Å²) in [6.07, 6.45) is 2.16. The maximum atomic E-state index is 10.9. The molecule has 1 heterocycles. The molecule has 0 fully saturated rings. The van der Waals surface area contributed by atoms with E-state index in [1.54, 1.807) is 0 Å². The molecular weight excluding hydrogens is 200 g/mol. The summed E-state index contributed by atoms with van der Waals surface area (Å²) in [6.45, 7) is 1.84. The van der Waals surface area contributed by atoms with Gasteiger partial charge in [-0.05, 0) is 6.42 Å². The van der Waals surface area contributed by atoms with Crippen molar-refractivity contribution in [3.8, 4) is 0 Å². The molecule has 6 nitrogen and oxygen atoms in total. The van der Waals surface area contributed by atoms with E-state index in [1.165, 1.54) is 0 Å². The van der Waals surface area contributed by atoms with Crippen molar-refractivity contribution in [3.05, 3.63) is 23.0 Å². The minimum atomic E-state index is -1.21. The molecule has 0 amide bonds. The summed E-state index contributed by atoms with van der Waals surface area (Å²) in [5.41, 5.74) is 0.0750. The quantitative estimate of drug-likeness (QED) is 0.632. The fourth-order valence-corrected chi connectivity index (χ4v) is 1.49. The lowest BCUT2D eigenvalue weighted by molar-refractivity contribution is 0.0684. The molecule has 15 heavy (non-hydrogen) atoms. The first-order chi connectivity index (χ1) is 6.99. The second-order valence-electron chi connectivity index (χ2n) is 3.14. The Hall–Kier alpha value is -1.98. The van der Waals surface area contributed by atoms with Crippen LogP contribution in [0.5, 0.6) is 0 Å². The third-order valence-electron chi connectivity index (χ3n) is 2.07. The number of rotatable bonds is 4. The topological polar surface area (TPSA) is 106 Å². The molecule has 0 aliphatic rings. The Bertz CT molecular complexity index is 408. The number of carbonyl (C=O) groups is 2. The van der Waals surface area contributed by atoms with Crippen LogP contribution >= 0.6 is 0 Å². The van der Waals surface area contributed by atoms with Crippen LogP contribution in [0.1, 0.15) is 39.8 Å². The number of carboxylic acids is 2. The molecule has 0 bridgehead atoms. The lowest BCUT2D eigenvalue weighted by Crippen LogP contribution is -2.16. The van der Waals surface area contributed by atoms with Crippen LogP contribution in [0.2, 0.25) is 0 Å². The van der Waals surface area contributed by atoms with E-state index < -0.39 is 11.9 Å². The molecule has 0 unspecified atom stereocenters. The number of carboxylic acid groups (broad SMARTS) is 2. The summed E-state index contributed by atoms with van der Waals surface area (Å²) in [4.78, 5) is 21.7. The van der Waals surface area contributed by atoms with Crippen molar-refractivity contribution in [1.29, 1.82) is 0 Å². The molecule has 1 rings (SSSR count). The van der Waals surface area contributed by atoms with Gasteiger partial charge in [0.1, 0.15) is 0 Å². The van der Waals surface area contributed by atoms with Gasteiger partial charge in [0, 0.05) is 11.8 Å². The van der Waals surface area contributed by atoms with Crippen LogP contribution in [-0.4, -0.2) is 26.8 Å². The van der Waals surface area contributed by atoms with Crippen LogP contribution in [0.15, 0.2) is 6.20 Å². The van der Waals surface area contributed by atoms with E-state index in [0.29, 0.717) is 12.8 Å².